The highest BCUT2D eigenvalue weighted by atomic mass is 19.1. The lowest BCUT2D eigenvalue weighted by Crippen LogP contribution is -2.66. The van der Waals surface area contributed by atoms with Crippen molar-refractivity contribution in [3.05, 3.63) is 65.6 Å². The molecule has 2 aliphatic heterocycles. The lowest BCUT2D eigenvalue weighted by atomic mass is 9.78. The van der Waals surface area contributed by atoms with Gasteiger partial charge < -0.3 is 19.4 Å². The normalized spacial score (nSPS) is 21.9. The van der Waals surface area contributed by atoms with Crippen molar-refractivity contribution < 1.29 is 22.7 Å². The predicted octanol–water partition coefficient (Wildman–Crippen LogP) is 4.35. The lowest BCUT2D eigenvalue weighted by molar-refractivity contribution is -0.127. The van der Waals surface area contributed by atoms with Gasteiger partial charge in [-0.3, -0.25) is 4.79 Å². The number of fused-ring (bicyclic) bond motifs is 1. The zero-order chi connectivity index (χ0) is 24.6. The fourth-order valence-corrected chi connectivity index (χ4v) is 5.07. The lowest BCUT2D eigenvalue weighted by Gasteiger charge is -2.56. The molecular formula is C26H23F2N5O3. The van der Waals surface area contributed by atoms with Crippen LogP contribution in [0.15, 0.2) is 47.3 Å². The van der Waals surface area contributed by atoms with Crippen molar-refractivity contribution in [2.24, 2.45) is 5.41 Å². The van der Waals surface area contributed by atoms with Gasteiger partial charge in [0, 0.05) is 36.6 Å². The standard InChI is InChI=1S/C26H23F2N5O3/c1-14-4-19(27)17(25-31-22(9-36-25)16-6-20(16)28)7-21(14)30-24(34)18-8-29-33-3-2-15(5-23(18)33)32-10-26(11-32)12-35-13-26/h2-5,7-9,16,20H,6,10-13H2,1H3,(H,30,34)/t16-,20-/m0/s1. The Morgan fingerprint density at radius 2 is 2.06 bits per heavy atom. The number of hydrogen-bond donors (Lipinski definition) is 1. The van der Waals surface area contributed by atoms with Crippen LogP contribution in [0.5, 0.6) is 0 Å². The van der Waals surface area contributed by atoms with E-state index in [1.54, 1.807) is 11.4 Å². The van der Waals surface area contributed by atoms with Crippen LogP contribution in [0.1, 0.15) is 34.0 Å². The van der Waals surface area contributed by atoms with Crippen LogP contribution in [0.2, 0.25) is 0 Å². The smallest absolute Gasteiger partial charge is 0.259 e. The Labute approximate surface area is 204 Å². The van der Waals surface area contributed by atoms with Crippen LogP contribution in [-0.2, 0) is 4.74 Å². The Morgan fingerprint density at radius 3 is 2.78 bits per heavy atom. The van der Waals surface area contributed by atoms with E-state index in [1.807, 2.05) is 18.3 Å². The van der Waals surface area contributed by atoms with E-state index in [4.69, 9.17) is 9.15 Å². The Balaban J connectivity index is 1.15. The van der Waals surface area contributed by atoms with E-state index in [2.05, 4.69) is 20.3 Å². The second-order valence-corrected chi connectivity index (χ2v) is 10.2. The minimum absolute atomic E-state index is 0.0573. The van der Waals surface area contributed by atoms with Gasteiger partial charge in [0.2, 0.25) is 5.89 Å². The van der Waals surface area contributed by atoms with Gasteiger partial charge in [-0.15, -0.1) is 0 Å². The molecule has 8 nitrogen and oxygen atoms in total. The number of ether oxygens (including phenoxy) is 1. The summed E-state index contributed by atoms with van der Waals surface area (Å²) in [4.78, 5) is 19.8. The van der Waals surface area contributed by atoms with Crippen molar-refractivity contribution in [2.75, 3.05) is 36.5 Å². The first-order valence-corrected chi connectivity index (χ1v) is 11.9. The molecule has 1 N–H and O–H groups in total. The van der Waals surface area contributed by atoms with E-state index in [1.165, 1.54) is 24.6 Å². The number of amides is 1. The molecule has 0 radical (unpaired) electrons. The Kier molecular flexibility index (Phi) is 4.54. The summed E-state index contributed by atoms with van der Waals surface area (Å²) in [5.74, 6) is -1.13. The number of rotatable bonds is 5. The van der Waals surface area contributed by atoms with Crippen molar-refractivity contribution in [2.45, 2.75) is 25.4 Å². The maximum Gasteiger partial charge on any atom is 0.259 e. The summed E-state index contributed by atoms with van der Waals surface area (Å²) in [6.07, 6.45) is 4.20. The van der Waals surface area contributed by atoms with Gasteiger partial charge in [-0.05, 0) is 43.2 Å². The van der Waals surface area contributed by atoms with E-state index in [0.717, 1.165) is 32.0 Å². The first-order chi connectivity index (χ1) is 17.4. The highest BCUT2D eigenvalue weighted by Crippen LogP contribution is 2.44. The Bertz CT molecular complexity index is 1520. The number of nitrogens with zero attached hydrogens (tertiary/aromatic N) is 4. The van der Waals surface area contributed by atoms with E-state index in [-0.39, 0.29) is 28.7 Å². The molecule has 1 spiro atoms. The summed E-state index contributed by atoms with van der Waals surface area (Å²) >= 11 is 0. The number of hydrogen-bond acceptors (Lipinski definition) is 6. The molecule has 2 saturated heterocycles. The van der Waals surface area contributed by atoms with Gasteiger partial charge in [0.05, 0.1) is 47.2 Å². The predicted molar refractivity (Wildman–Crippen MR) is 127 cm³/mol. The maximum absolute atomic E-state index is 14.8. The molecule has 1 saturated carbocycles. The first kappa shape index (κ1) is 21.5. The summed E-state index contributed by atoms with van der Waals surface area (Å²) in [6.45, 7) is 5.19. The van der Waals surface area contributed by atoms with Gasteiger partial charge >= 0.3 is 0 Å². The van der Waals surface area contributed by atoms with Crippen LogP contribution < -0.4 is 10.2 Å². The number of anilines is 2. The average Bonchev–Trinajstić information content (AvgIpc) is 3.19. The van der Waals surface area contributed by atoms with Crippen molar-refractivity contribution >= 4 is 22.8 Å². The highest BCUT2D eigenvalue weighted by molar-refractivity contribution is 6.09. The van der Waals surface area contributed by atoms with Gasteiger partial charge in [-0.1, -0.05) is 0 Å². The topological polar surface area (TPSA) is 84.9 Å². The molecule has 1 amide bonds. The molecule has 36 heavy (non-hydrogen) atoms. The molecule has 3 aromatic heterocycles. The van der Waals surface area contributed by atoms with E-state index < -0.39 is 12.0 Å². The summed E-state index contributed by atoms with van der Waals surface area (Å²) in [5, 5.41) is 7.20. The number of aromatic nitrogens is 3. The summed E-state index contributed by atoms with van der Waals surface area (Å²) in [5.41, 5.74) is 3.95. The maximum atomic E-state index is 14.8. The number of aryl methyl sites for hydroxylation is 1. The molecule has 5 heterocycles. The van der Waals surface area contributed by atoms with E-state index >= 15 is 0 Å². The molecule has 2 atom stereocenters. The number of nitrogens with one attached hydrogen (secondary N) is 1. The molecule has 4 aromatic rings. The average molecular weight is 491 g/mol. The van der Waals surface area contributed by atoms with Crippen molar-refractivity contribution in [3.8, 4) is 11.5 Å². The molecule has 0 unspecified atom stereocenters. The minimum atomic E-state index is -0.929. The molecule has 3 aliphatic rings. The minimum Gasteiger partial charge on any atom is -0.444 e. The zero-order valence-corrected chi connectivity index (χ0v) is 19.5. The van der Waals surface area contributed by atoms with Crippen LogP contribution in [0.4, 0.5) is 20.2 Å². The van der Waals surface area contributed by atoms with Gasteiger partial charge in [-0.2, -0.15) is 5.10 Å². The molecule has 0 bridgehead atoms. The van der Waals surface area contributed by atoms with Gasteiger partial charge in [0.25, 0.3) is 5.91 Å². The van der Waals surface area contributed by atoms with Gasteiger partial charge in [0.15, 0.2) is 0 Å². The van der Waals surface area contributed by atoms with E-state index in [9.17, 15) is 13.6 Å². The van der Waals surface area contributed by atoms with E-state index in [0.29, 0.717) is 34.4 Å². The quantitative estimate of drug-likeness (QED) is 0.447. The van der Waals surface area contributed by atoms with Crippen LogP contribution in [-0.4, -0.2) is 53.0 Å². The second kappa shape index (κ2) is 7.60. The number of alkyl halides is 1. The Hall–Kier alpha value is -3.79. The van der Waals surface area contributed by atoms with Crippen molar-refractivity contribution in [1.82, 2.24) is 14.6 Å². The van der Waals surface area contributed by atoms with Gasteiger partial charge in [-0.25, -0.2) is 18.3 Å². The number of oxazole rings is 1. The third-order valence-electron chi connectivity index (χ3n) is 7.39. The summed E-state index contributed by atoms with van der Waals surface area (Å²) in [7, 11) is 0. The van der Waals surface area contributed by atoms with Crippen LogP contribution in [0.3, 0.4) is 0 Å². The molecule has 1 aromatic carbocycles. The largest absolute Gasteiger partial charge is 0.444 e. The summed E-state index contributed by atoms with van der Waals surface area (Å²) < 4.78 is 40.6. The third-order valence-corrected chi connectivity index (χ3v) is 7.39. The summed E-state index contributed by atoms with van der Waals surface area (Å²) in [6, 6.07) is 6.76. The first-order valence-electron chi connectivity index (χ1n) is 11.9. The molecule has 10 heteroatoms. The van der Waals surface area contributed by atoms with Crippen LogP contribution in [0.25, 0.3) is 17.0 Å². The molecule has 7 rings (SSSR count). The van der Waals surface area contributed by atoms with Crippen LogP contribution in [0, 0.1) is 18.2 Å². The molecule has 1 aliphatic carbocycles. The highest BCUT2D eigenvalue weighted by Gasteiger charge is 2.49. The zero-order valence-electron chi connectivity index (χ0n) is 19.5. The fraction of sp³-hybridized carbons (Fsp3) is 0.346. The van der Waals surface area contributed by atoms with Crippen LogP contribution >= 0.6 is 0 Å². The fourth-order valence-electron chi connectivity index (χ4n) is 5.07. The molecular weight excluding hydrogens is 468 g/mol. The van der Waals surface area contributed by atoms with Crippen molar-refractivity contribution in [1.29, 1.82) is 0 Å². The third kappa shape index (κ3) is 3.39. The number of pyridine rings is 1. The van der Waals surface area contributed by atoms with Gasteiger partial charge in [0.1, 0.15) is 18.3 Å². The van der Waals surface area contributed by atoms with Crippen molar-refractivity contribution in [3.63, 3.8) is 0 Å². The number of carbonyl (C=O) groups excluding carboxylic acids is 1. The number of halogens is 2. The molecule has 3 fully saturated rings. The number of benzene rings is 1. The Morgan fingerprint density at radius 1 is 1.25 bits per heavy atom. The SMILES string of the molecule is Cc1cc(F)c(-c2nc([C@H]3C[C@@H]3F)co2)cc1NC(=O)c1cnn2ccc(N3CC4(COC4)C3)cc12. The number of carbonyl (C=O) groups is 1. The molecule has 184 valence electrons. The second-order valence-electron chi connectivity index (χ2n) is 10.2. The monoisotopic (exact) mass is 491 g/mol.